The van der Waals surface area contributed by atoms with Crippen molar-refractivity contribution < 1.29 is 4.74 Å². The van der Waals surface area contributed by atoms with Crippen LogP contribution in [0.25, 0.3) is 0 Å². The lowest BCUT2D eigenvalue weighted by atomic mass is 10.1. The second-order valence-electron chi connectivity index (χ2n) is 4.69. The molecule has 0 atom stereocenters. The molecule has 1 aromatic rings. The van der Waals surface area contributed by atoms with E-state index in [2.05, 4.69) is 12.1 Å². The fourth-order valence-corrected chi connectivity index (χ4v) is 1.82. The van der Waals surface area contributed by atoms with Gasteiger partial charge in [-0.3, -0.25) is 0 Å². The molecule has 1 aromatic carbocycles. The number of nitrogen functional groups attached to an aromatic ring is 1. The van der Waals surface area contributed by atoms with Gasteiger partial charge < -0.3 is 10.5 Å². The third-order valence-corrected chi connectivity index (χ3v) is 3.10. The summed E-state index contributed by atoms with van der Waals surface area (Å²) in [5.41, 5.74) is 7.82. The molecular formula is C14H21NO. The van der Waals surface area contributed by atoms with Gasteiger partial charge in [-0.05, 0) is 42.9 Å². The van der Waals surface area contributed by atoms with Crippen LogP contribution < -0.4 is 5.73 Å². The Balaban J connectivity index is 1.51. The van der Waals surface area contributed by atoms with E-state index in [1.807, 2.05) is 12.1 Å². The Kier molecular flexibility index (Phi) is 4.23. The maximum absolute atomic E-state index is 5.63. The van der Waals surface area contributed by atoms with E-state index in [1.165, 1.54) is 24.8 Å². The van der Waals surface area contributed by atoms with Crippen molar-refractivity contribution in [2.45, 2.75) is 32.1 Å². The smallest absolute Gasteiger partial charge is 0.0469 e. The van der Waals surface area contributed by atoms with E-state index in [0.717, 1.165) is 37.7 Å². The Bertz CT molecular complexity index is 303. The van der Waals surface area contributed by atoms with Crippen LogP contribution in [0, 0.1) is 5.92 Å². The highest BCUT2D eigenvalue weighted by atomic mass is 16.5. The molecule has 16 heavy (non-hydrogen) atoms. The zero-order chi connectivity index (χ0) is 11.2. The summed E-state index contributed by atoms with van der Waals surface area (Å²) in [7, 11) is 0. The van der Waals surface area contributed by atoms with Crippen molar-refractivity contribution in [2.24, 2.45) is 5.92 Å². The van der Waals surface area contributed by atoms with E-state index in [-0.39, 0.29) is 0 Å². The largest absolute Gasteiger partial charge is 0.399 e. The number of hydrogen-bond acceptors (Lipinski definition) is 2. The Labute approximate surface area is 97.8 Å². The van der Waals surface area contributed by atoms with Gasteiger partial charge in [-0.1, -0.05) is 25.0 Å². The number of rotatable bonds is 7. The first-order chi connectivity index (χ1) is 7.84. The molecule has 0 aliphatic heterocycles. The summed E-state index contributed by atoms with van der Waals surface area (Å²) >= 11 is 0. The third-order valence-electron chi connectivity index (χ3n) is 3.10. The summed E-state index contributed by atoms with van der Waals surface area (Å²) in [5, 5.41) is 0. The summed E-state index contributed by atoms with van der Waals surface area (Å²) in [4.78, 5) is 0. The lowest BCUT2D eigenvalue weighted by molar-refractivity contribution is 0.126. The van der Waals surface area contributed by atoms with Crippen molar-refractivity contribution in [3.8, 4) is 0 Å². The minimum absolute atomic E-state index is 0.837. The van der Waals surface area contributed by atoms with Gasteiger partial charge in [0.15, 0.2) is 0 Å². The van der Waals surface area contributed by atoms with E-state index < -0.39 is 0 Å². The van der Waals surface area contributed by atoms with Crippen molar-refractivity contribution >= 4 is 5.69 Å². The monoisotopic (exact) mass is 219 g/mol. The molecule has 0 heterocycles. The lowest BCUT2D eigenvalue weighted by Crippen LogP contribution is -1.99. The third kappa shape index (κ3) is 4.23. The zero-order valence-electron chi connectivity index (χ0n) is 9.82. The average Bonchev–Trinajstić information content (AvgIpc) is 3.10. The van der Waals surface area contributed by atoms with Gasteiger partial charge in [0, 0.05) is 18.9 Å². The molecule has 2 N–H and O–H groups in total. The van der Waals surface area contributed by atoms with Crippen molar-refractivity contribution in [1.29, 1.82) is 0 Å². The standard InChI is InChI=1S/C14H21NO/c15-14-7-5-12(6-8-14)2-1-10-16-11-9-13-3-4-13/h5-8,13H,1-4,9-11,15H2. The van der Waals surface area contributed by atoms with Crippen LogP contribution in [0.2, 0.25) is 0 Å². The molecule has 0 radical (unpaired) electrons. The highest BCUT2D eigenvalue weighted by molar-refractivity contribution is 5.39. The second-order valence-corrected chi connectivity index (χ2v) is 4.69. The first kappa shape index (κ1) is 11.5. The zero-order valence-corrected chi connectivity index (χ0v) is 9.82. The van der Waals surface area contributed by atoms with Gasteiger partial charge in [0.1, 0.15) is 0 Å². The van der Waals surface area contributed by atoms with E-state index >= 15 is 0 Å². The molecule has 0 amide bonds. The van der Waals surface area contributed by atoms with Crippen LogP contribution in [0.5, 0.6) is 0 Å². The number of nitrogens with two attached hydrogens (primary N) is 1. The molecule has 0 saturated heterocycles. The minimum atomic E-state index is 0.837. The number of benzene rings is 1. The topological polar surface area (TPSA) is 35.2 Å². The fraction of sp³-hybridized carbons (Fsp3) is 0.571. The van der Waals surface area contributed by atoms with Crippen LogP contribution >= 0.6 is 0 Å². The van der Waals surface area contributed by atoms with E-state index in [0.29, 0.717) is 0 Å². The average molecular weight is 219 g/mol. The summed E-state index contributed by atoms with van der Waals surface area (Å²) in [6, 6.07) is 8.12. The Morgan fingerprint density at radius 2 is 1.88 bits per heavy atom. The molecule has 0 unspecified atom stereocenters. The highest BCUT2D eigenvalue weighted by Gasteiger charge is 2.20. The predicted octanol–water partition coefficient (Wildman–Crippen LogP) is 3.02. The highest BCUT2D eigenvalue weighted by Crippen LogP contribution is 2.32. The summed E-state index contributed by atoms with van der Waals surface area (Å²) in [5.74, 6) is 0.983. The van der Waals surface area contributed by atoms with Crippen LogP contribution in [0.4, 0.5) is 5.69 Å². The molecular weight excluding hydrogens is 198 g/mol. The van der Waals surface area contributed by atoms with Crippen LogP contribution in [-0.2, 0) is 11.2 Å². The SMILES string of the molecule is Nc1ccc(CCCOCCC2CC2)cc1. The second kappa shape index (κ2) is 5.90. The summed E-state index contributed by atoms with van der Waals surface area (Å²) in [6.07, 6.45) is 6.31. The van der Waals surface area contributed by atoms with E-state index in [4.69, 9.17) is 10.5 Å². The molecule has 1 fully saturated rings. The molecule has 88 valence electrons. The van der Waals surface area contributed by atoms with Gasteiger partial charge in [-0.2, -0.15) is 0 Å². The number of hydrogen-bond donors (Lipinski definition) is 1. The molecule has 2 rings (SSSR count). The molecule has 1 aliphatic carbocycles. The van der Waals surface area contributed by atoms with Gasteiger partial charge in [-0.15, -0.1) is 0 Å². The first-order valence-electron chi connectivity index (χ1n) is 6.27. The first-order valence-corrected chi connectivity index (χ1v) is 6.27. The molecule has 0 spiro atoms. The van der Waals surface area contributed by atoms with Gasteiger partial charge in [0.25, 0.3) is 0 Å². The van der Waals surface area contributed by atoms with E-state index in [1.54, 1.807) is 0 Å². The van der Waals surface area contributed by atoms with Gasteiger partial charge >= 0.3 is 0 Å². The summed E-state index contributed by atoms with van der Waals surface area (Å²) in [6.45, 7) is 1.84. The van der Waals surface area contributed by atoms with Gasteiger partial charge in [-0.25, -0.2) is 0 Å². The quantitative estimate of drug-likeness (QED) is 0.565. The molecule has 2 heteroatoms. The van der Waals surface area contributed by atoms with Crippen LogP contribution in [0.3, 0.4) is 0 Å². The number of ether oxygens (including phenoxy) is 1. The van der Waals surface area contributed by atoms with Crippen molar-refractivity contribution in [1.82, 2.24) is 0 Å². The minimum Gasteiger partial charge on any atom is -0.399 e. The number of anilines is 1. The van der Waals surface area contributed by atoms with Crippen LogP contribution in [0.15, 0.2) is 24.3 Å². The van der Waals surface area contributed by atoms with E-state index in [9.17, 15) is 0 Å². The maximum Gasteiger partial charge on any atom is 0.0469 e. The van der Waals surface area contributed by atoms with Gasteiger partial charge in [0.2, 0.25) is 0 Å². The molecule has 2 nitrogen and oxygen atoms in total. The molecule has 1 saturated carbocycles. The van der Waals surface area contributed by atoms with Gasteiger partial charge in [0.05, 0.1) is 0 Å². The van der Waals surface area contributed by atoms with Crippen molar-refractivity contribution in [3.05, 3.63) is 29.8 Å². The van der Waals surface area contributed by atoms with Crippen LogP contribution in [-0.4, -0.2) is 13.2 Å². The normalized spacial score (nSPS) is 15.2. The number of aryl methyl sites for hydroxylation is 1. The molecule has 1 aliphatic rings. The Hall–Kier alpha value is -1.02. The molecule has 0 bridgehead atoms. The maximum atomic E-state index is 5.63. The Morgan fingerprint density at radius 1 is 1.12 bits per heavy atom. The Morgan fingerprint density at radius 3 is 2.56 bits per heavy atom. The molecule has 0 aromatic heterocycles. The predicted molar refractivity (Wildman–Crippen MR) is 67.3 cm³/mol. The summed E-state index contributed by atoms with van der Waals surface area (Å²) < 4.78 is 5.61. The lowest BCUT2D eigenvalue weighted by Gasteiger charge is -2.04. The van der Waals surface area contributed by atoms with Crippen molar-refractivity contribution in [2.75, 3.05) is 18.9 Å². The fourth-order valence-electron chi connectivity index (χ4n) is 1.82. The van der Waals surface area contributed by atoms with Crippen LogP contribution in [0.1, 0.15) is 31.2 Å². The van der Waals surface area contributed by atoms with Crippen molar-refractivity contribution in [3.63, 3.8) is 0 Å².